The van der Waals surface area contributed by atoms with Crippen LogP contribution in [0.3, 0.4) is 0 Å². The predicted molar refractivity (Wildman–Crippen MR) is 110 cm³/mol. The third-order valence-electron chi connectivity index (χ3n) is 4.20. The molecule has 0 aliphatic rings. The number of nitrogens with zero attached hydrogens (tertiary/aromatic N) is 1. The van der Waals surface area contributed by atoms with Crippen molar-refractivity contribution in [3.05, 3.63) is 83.6 Å². The Kier molecular flexibility index (Phi) is 7.27. The van der Waals surface area contributed by atoms with Crippen LogP contribution in [0.15, 0.2) is 66.9 Å². The lowest BCUT2D eigenvalue weighted by Gasteiger charge is -2.13. The van der Waals surface area contributed by atoms with Crippen molar-refractivity contribution in [3.8, 4) is 17.4 Å². The second-order valence-corrected chi connectivity index (χ2v) is 6.46. The Labute approximate surface area is 166 Å². The fourth-order valence-corrected chi connectivity index (χ4v) is 2.80. The molecule has 3 rings (SSSR count). The van der Waals surface area contributed by atoms with Gasteiger partial charge in [-0.3, -0.25) is 0 Å². The van der Waals surface area contributed by atoms with Crippen LogP contribution in [-0.4, -0.2) is 25.2 Å². The number of methoxy groups -OCH3 is 1. The molecule has 1 N–H and O–H groups in total. The minimum atomic E-state index is 0.514. The molecule has 146 valence electrons. The zero-order valence-corrected chi connectivity index (χ0v) is 16.4. The lowest BCUT2D eigenvalue weighted by Crippen LogP contribution is -2.20. The van der Waals surface area contributed by atoms with E-state index < -0.39 is 0 Å². The largest absolute Gasteiger partial charge is 0.493 e. The third-order valence-corrected chi connectivity index (χ3v) is 4.20. The summed E-state index contributed by atoms with van der Waals surface area (Å²) < 4.78 is 17.0. The second kappa shape index (κ2) is 10.3. The average Bonchev–Trinajstić information content (AvgIpc) is 2.73. The van der Waals surface area contributed by atoms with Gasteiger partial charge < -0.3 is 19.5 Å². The van der Waals surface area contributed by atoms with E-state index in [0.717, 1.165) is 35.7 Å². The normalized spacial score (nSPS) is 10.5. The predicted octanol–water partition coefficient (Wildman–Crippen LogP) is 4.15. The van der Waals surface area contributed by atoms with E-state index in [0.29, 0.717) is 19.1 Å². The van der Waals surface area contributed by atoms with Gasteiger partial charge in [0.05, 0.1) is 7.11 Å². The molecule has 3 aromatic rings. The zero-order chi connectivity index (χ0) is 19.6. The van der Waals surface area contributed by atoms with E-state index in [1.807, 2.05) is 42.5 Å². The molecule has 0 unspecified atom stereocenters. The summed E-state index contributed by atoms with van der Waals surface area (Å²) in [6.45, 7) is 4.60. The summed E-state index contributed by atoms with van der Waals surface area (Å²) in [5.41, 5.74) is 3.49. The molecular formula is C23H26N2O3. The van der Waals surface area contributed by atoms with Crippen molar-refractivity contribution in [1.82, 2.24) is 10.3 Å². The van der Waals surface area contributed by atoms with Crippen molar-refractivity contribution < 1.29 is 14.2 Å². The third kappa shape index (κ3) is 5.99. The van der Waals surface area contributed by atoms with Gasteiger partial charge in [-0.1, -0.05) is 42.0 Å². The Morgan fingerprint density at radius 3 is 2.61 bits per heavy atom. The number of aromatic nitrogens is 1. The molecule has 0 bridgehead atoms. The lowest BCUT2D eigenvalue weighted by molar-refractivity contribution is 0.284. The summed E-state index contributed by atoms with van der Waals surface area (Å²) in [5.74, 6) is 2.11. The van der Waals surface area contributed by atoms with Gasteiger partial charge in [-0.2, -0.15) is 0 Å². The van der Waals surface area contributed by atoms with Gasteiger partial charge in [0.2, 0.25) is 5.88 Å². The molecule has 0 radical (unpaired) electrons. The van der Waals surface area contributed by atoms with Crippen LogP contribution in [0, 0.1) is 6.92 Å². The first-order valence-electron chi connectivity index (χ1n) is 9.34. The molecule has 0 saturated carbocycles. The Bertz CT molecular complexity index is 869. The van der Waals surface area contributed by atoms with Gasteiger partial charge in [0.15, 0.2) is 11.5 Å². The summed E-state index contributed by atoms with van der Waals surface area (Å²) in [6, 6.07) is 19.9. The smallest absolute Gasteiger partial charge is 0.213 e. The van der Waals surface area contributed by atoms with Crippen molar-refractivity contribution in [2.45, 2.75) is 20.1 Å². The van der Waals surface area contributed by atoms with E-state index in [1.54, 1.807) is 13.3 Å². The maximum atomic E-state index is 5.94. The number of aryl methyl sites for hydroxylation is 1. The molecule has 0 spiro atoms. The van der Waals surface area contributed by atoms with Crippen molar-refractivity contribution >= 4 is 0 Å². The van der Waals surface area contributed by atoms with Crippen molar-refractivity contribution in [3.63, 3.8) is 0 Å². The van der Waals surface area contributed by atoms with E-state index in [1.165, 1.54) is 5.56 Å². The molecule has 1 heterocycles. The van der Waals surface area contributed by atoms with Crippen LogP contribution in [0.1, 0.15) is 16.7 Å². The minimum absolute atomic E-state index is 0.514. The average molecular weight is 378 g/mol. The van der Waals surface area contributed by atoms with Crippen molar-refractivity contribution in [2.75, 3.05) is 20.3 Å². The molecule has 28 heavy (non-hydrogen) atoms. The van der Waals surface area contributed by atoms with E-state index in [9.17, 15) is 0 Å². The number of rotatable bonds is 10. The number of hydrogen-bond donors (Lipinski definition) is 1. The molecule has 0 saturated heterocycles. The van der Waals surface area contributed by atoms with Crippen LogP contribution in [0.2, 0.25) is 0 Å². The molecule has 0 amide bonds. The van der Waals surface area contributed by atoms with Crippen LogP contribution in [0.25, 0.3) is 0 Å². The van der Waals surface area contributed by atoms with Crippen LogP contribution in [-0.2, 0) is 13.2 Å². The summed E-state index contributed by atoms with van der Waals surface area (Å²) in [4.78, 5) is 4.13. The number of ether oxygens (including phenoxy) is 3. The highest BCUT2D eigenvalue weighted by molar-refractivity contribution is 5.43. The molecule has 0 aliphatic carbocycles. The highest BCUT2D eigenvalue weighted by Crippen LogP contribution is 2.29. The van der Waals surface area contributed by atoms with E-state index in [2.05, 4.69) is 35.4 Å². The first kappa shape index (κ1) is 19.7. The number of pyridine rings is 1. The fourth-order valence-electron chi connectivity index (χ4n) is 2.80. The van der Waals surface area contributed by atoms with Crippen molar-refractivity contribution in [2.24, 2.45) is 0 Å². The van der Waals surface area contributed by atoms with E-state index in [4.69, 9.17) is 14.2 Å². The fraction of sp³-hybridized carbons (Fsp3) is 0.261. The maximum Gasteiger partial charge on any atom is 0.213 e. The van der Waals surface area contributed by atoms with Crippen molar-refractivity contribution in [1.29, 1.82) is 0 Å². The lowest BCUT2D eigenvalue weighted by atomic mass is 10.1. The first-order valence-corrected chi connectivity index (χ1v) is 9.34. The molecular weight excluding hydrogens is 352 g/mol. The van der Waals surface area contributed by atoms with Crippen LogP contribution in [0.5, 0.6) is 17.4 Å². The summed E-state index contributed by atoms with van der Waals surface area (Å²) >= 11 is 0. The Morgan fingerprint density at radius 2 is 1.82 bits per heavy atom. The standard InChI is InChI=1S/C23H26N2O3/c1-18-6-5-7-20(14-18)17-28-21-10-9-19(15-22(21)26-2)16-24-12-13-27-23-8-3-4-11-25-23/h3-11,14-15,24H,12-13,16-17H2,1-2H3. The first-order chi connectivity index (χ1) is 13.7. The zero-order valence-electron chi connectivity index (χ0n) is 16.4. The van der Waals surface area contributed by atoms with Gasteiger partial charge in [0.25, 0.3) is 0 Å². The van der Waals surface area contributed by atoms with Crippen LogP contribution < -0.4 is 19.5 Å². The summed E-state index contributed by atoms with van der Waals surface area (Å²) in [5, 5.41) is 3.36. The Balaban J connectivity index is 1.47. The molecule has 5 heteroatoms. The monoisotopic (exact) mass is 378 g/mol. The number of benzene rings is 2. The Morgan fingerprint density at radius 1 is 0.893 bits per heavy atom. The quantitative estimate of drug-likeness (QED) is 0.537. The molecule has 1 aromatic heterocycles. The van der Waals surface area contributed by atoms with Gasteiger partial charge in [-0.25, -0.2) is 4.98 Å². The molecule has 2 aromatic carbocycles. The Hall–Kier alpha value is -3.05. The van der Waals surface area contributed by atoms with Gasteiger partial charge in [-0.05, 0) is 36.2 Å². The number of hydrogen-bond acceptors (Lipinski definition) is 5. The SMILES string of the molecule is COc1cc(CNCCOc2ccccn2)ccc1OCc1cccc(C)c1. The molecule has 0 fully saturated rings. The van der Waals surface area contributed by atoms with Gasteiger partial charge in [-0.15, -0.1) is 0 Å². The summed E-state index contributed by atoms with van der Waals surface area (Å²) in [6.07, 6.45) is 1.72. The highest BCUT2D eigenvalue weighted by atomic mass is 16.5. The second-order valence-electron chi connectivity index (χ2n) is 6.46. The van der Waals surface area contributed by atoms with Gasteiger partial charge in [0, 0.05) is 25.4 Å². The minimum Gasteiger partial charge on any atom is -0.493 e. The molecule has 5 nitrogen and oxygen atoms in total. The van der Waals surface area contributed by atoms with E-state index >= 15 is 0 Å². The topological polar surface area (TPSA) is 52.6 Å². The van der Waals surface area contributed by atoms with E-state index in [-0.39, 0.29) is 0 Å². The summed E-state index contributed by atoms with van der Waals surface area (Å²) in [7, 11) is 1.66. The molecule has 0 atom stereocenters. The molecule has 0 aliphatic heterocycles. The van der Waals surface area contributed by atoms with Crippen LogP contribution in [0.4, 0.5) is 0 Å². The maximum absolute atomic E-state index is 5.94. The van der Waals surface area contributed by atoms with Gasteiger partial charge >= 0.3 is 0 Å². The highest BCUT2D eigenvalue weighted by Gasteiger charge is 2.06. The number of nitrogens with one attached hydrogen (secondary N) is 1. The van der Waals surface area contributed by atoms with Crippen LogP contribution >= 0.6 is 0 Å². The van der Waals surface area contributed by atoms with Gasteiger partial charge in [0.1, 0.15) is 13.2 Å².